The molecule has 1 aliphatic rings. The number of nitrogens with zero attached hydrogens (tertiary/aromatic N) is 1. The van der Waals surface area contributed by atoms with Crippen molar-refractivity contribution in [3.63, 3.8) is 0 Å². The second-order valence-corrected chi connectivity index (χ2v) is 5.82. The minimum absolute atomic E-state index is 0.0190. The van der Waals surface area contributed by atoms with Gasteiger partial charge >= 0.3 is 0 Å². The Morgan fingerprint density at radius 3 is 3.00 bits per heavy atom. The van der Waals surface area contributed by atoms with E-state index in [2.05, 4.69) is 10.5 Å². The Balaban J connectivity index is 1.97. The fourth-order valence-corrected chi connectivity index (χ4v) is 3.17. The van der Waals surface area contributed by atoms with Gasteiger partial charge in [0.25, 0.3) is 0 Å². The fraction of sp³-hybridized carbons (Fsp3) is 0.385. The minimum Gasteiger partial charge on any atom is -0.409 e. The Bertz CT molecular complexity index is 530. The van der Waals surface area contributed by atoms with E-state index in [1.54, 1.807) is 17.8 Å². The lowest BCUT2D eigenvalue weighted by molar-refractivity contribution is -0.120. The number of oxime groups is 1. The van der Waals surface area contributed by atoms with Gasteiger partial charge in [-0.1, -0.05) is 17.3 Å². The molecule has 4 N–H and O–H groups in total. The molecule has 0 bridgehead atoms. The zero-order valence-electron chi connectivity index (χ0n) is 10.8. The highest BCUT2D eigenvalue weighted by Crippen LogP contribution is 2.26. The first kappa shape index (κ1) is 14.6. The quantitative estimate of drug-likeness (QED) is 0.339. The zero-order chi connectivity index (χ0) is 14.5. The third-order valence-electron chi connectivity index (χ3n) is 3.13. The van der Waals surface area contributed by atoms with Crippen molar-refractivity contribution in [3.05, 3.63) is 35.1 Å². The summed E-state index contributed by atoms with van der Waals surface area (Å²) in [5.74, 6) is 0.309. The first-order valence-corrected chi connectivity index (χ1v) is 7.32. The van der Waals surface area contributed by atoms with Gasteiger partial charge in [-0.25, -0.2) is 4.39 Å². The van der Waals surface area contributed by atoms with Gasteiger partial charge in [-0.15, -0.1) is 11.8 Å². The minimum atomic E-state index is -0.492. The van der Waals surface area contributed by atoms with Crippen LogP contribution in [0.2, 0.25) is 0 Å². The number of thioether (sulfide) groups is 1. The third kappa shape index (κ3) is 3.41. The number of hydrogen-bond donors (Lipinski definition) is 3. The Labute approximate surface area is 120 Å². The highest BCUT2D eigenvalue weighted by molar-refractivity contribution is 8.00. The molecule has 0 spiro atoms. The van der Waals surface area contributed by atoms with Crippen molar-refractivity contribution in [1.82, 2.24) is 5.32 Å². The molecule has 1 aliphatic heterocycles. The van der Waals surface area contributed by atoms with Gasteiger partial charge in [0.1, 0.15) is 5.82 Å². The lowest BCUT2D eigenvalue weighted by atomic mass is 10.1. The molecule has 7 heteroatoms. The molecule has 1 unspecified atom stereocenters. The van der Waals surface area contributed by atoms with Crippen molar-refractivity contribution in [2.24, 2.45) is 10.9 Å². The molecule has 0 saturated carbocycles. The number of nitrogens with two attached hydrogens (primary N) is 1. The number of amidine groups is 1. The molecule has 20 heavy (non-hydrogen) atoms. The van der Waals surface area contributed by atoms with Crippen LogP contribution in [0.4, 0.5) is 4.39 Å². The highest BCUT2D eigenvalue weighted by atomic mass is 32.2. The van der Waals surface area contributed by atoms with E-state index in [-0.39, 0.29) is 23.5 Å². The van der Waals surface area contributed by atoms with E-state index in [1.165, 1.54) is 12.1 Å². The van der Waals surface area contributed by atoms with E-state index in [0.717, 1.165) is 18.6 Å². The van der Waals surface area contributed by atoms with Crippen LogP contribution in [0, 0.1) is 5.82 Å². The summed E-state index contributed by atoms with van der Waals surface area (Å²) in [6, 6.07) is 4.25. The Morgan fingerprint density at radius 1 is 1.60 bits per heavy atom. The van der Waals surface area contributed by atoms with Crippen LogP contribution in [0.25, 0.3) is 0 Å². The molecule has 1 saturated heterocycles. The molecular weight excluding hydrogens is 281 g/mol. The van der Waals surface area contributed by atoms with Crippen LogP contribution >= 0.6 is 11.8 Å². The molecule has 0 radical (unpaired) electrons. The molecule has 0 aromatic heterocycles. The summed E-state index contributed by atoms with van der Waals surface area (Å²) in [5, 5.41) is 14.1. The molecular formula is C13H16FN3O2S. The van der Waals surface area contributed by atoms with Gasteiger partial charge < -0.3 is 16.3 Å². The first-order valence-electron chi connectivity index (χ1n) is 6.27. The second-order valence-electron chi connectivity index (χ2n) is 4.51. The normalized spacial score (nSPS) is 19.1. The number of benzene rings is 1. The summed E-state index contributed by atoms with van der Waals surface area (Å²) in [6.07, 6.45) is 1.92. The molecule has 5 nitrogen and oxygen atoms in total. The van der Waals surface area contributed by atoms with Gasteiger partial charge in [-0.05, 0) is 24.7 Å². The van der Waals surface area contributed by atoms with Crippen molar-refractivity contribution in [3.8, 4) is 0 Å². The number of amides is 1. The van der Waals surface area contributed by atoms with Crippen molar-refractivity contribution in [2.45, 2.75) is 24.6 Å². The molecule has 1 atom stereocenters. The maximum absolute atomic E-state index is 13.8. The monoisotopic (exact) mass is 297 g/mol. The van der Waals surface area contributed by atoms with Crippen LogP contribution in [0.15, 0.2) is 23.4 Å². The predicted octanol–water partition coefficient (Wildman–Crippen LogP) is 1.43. The third-order valence-corrected chi connectivity index (χ3v) is 4.51. The van der Waals surface area contributed by atoms with Crippen LogP contribution in [0.3, 0.4) is 0 Å². The van der Waals surface area contributed by atoms with E-state index in [0.29, 0.717) is 11.1 Å². The molecule has 1 fully saturated rings. The van der Waals surface area contributed by atoms with E-state index < -0.39 is 5.82 Å². The van der Waals surface area contributed by atoms with Crippen molar-refractivity contribution < 1.29 is 14.4 Å². The van der Waals surface area contributed by atoms with Crippen LogP contribution in [0.1, 0.15) is 24.0 Å². The predicted molar refractivity (Wildman–Crippen MR) is 76.2 cm³/mol. The number of carbonyl (C=O) groups excluding carboxylic acids is 1. The van der Waals surface area contributed by atoms with Gasteiger partial charge in [0.2, 0.25) is 5.91 Å². The lowest BCUT2D eigenvalue weighted by Gasteiger charge is -2.11. The number of rotatable bonds is 4. The number of halogens is 1. The summed E-state index contributed by atoms with van der Waals surface area (Å²) in [5.41, 5.74) is 6.05. The average Bonchev–Trinajstić information content (AvgIpc) is 2.99. The number of nitrogens with one attached hydrogen (secondary N) is 1. The topological polar surface area (TPSA) is 87.7 Å². The molecule has 1 aromatic carbocycles. The number of hydrogen-bond acceptors (Lipinski definition) is 4. The summed E-state index contributed by atoms with van der Waals surface area (Å²) in [4.78, 5) is 11.8. The summed E-state index contributed by atoms with van der Waals surface area (Å²) < 4.78 is 13.8. The van der Waals surface area contributed by atoms with Crippen LogP contribution < -0.4 is 11.1 Å². The van der Waals surface area contributed by atoms with E-state index in [4.69, 9.17) is 10.9 Å². The largest absolute Gasteiger partial charge is 0.409 e. The fourth-order valence-electron chi connectivity index (χ4n) is 1.99. The van der Waals surface area contributed by atoms with Gasteiger partial charge in [0, 0.05) is 17.7 Å². The highest BCUT2D eigenvalue weighted by Gasteiger charge is 2.23. The Morgan fingerprint density at radius 2 is 2.40 bits per heavy atom. The molecule has 108 valence electrons. The zero-order valence-corrected chi connectivity index (χ0v) is 11.6. The summed E-state index contributed by atoms with van der Waals surface area (Å²) >= 11 is 1.63. The molecule has 1 heterocycles. The molecule has 2 rings (SSSR count). The number of carbonyl (C=O) groups is 1. The van der Waals surface area contributed by atoms with E-state index >= 15 is 0 Å². The van der Waals surface area contributed by atoms with Gasteiger partial charge in [0.05, 0.1) is 5.25 Å². The van der Waals surface area contributed by atoms with E-state index in [1.807, 2.05) is 0 Å². The maximum Gasteiger partial charge on any atom is 0.233 e. The smallest absolute Gasteiger partial charge is 0.233 e. The van der Waals surface area contributed by atoms with Crippen LogP contribution in [0.5, 0.6) is 0 Å². The van der Waals surface area contributed by atoms with E-state index in [9.17, 15) is 9.18 Å². The second kappa shape index (κ2) is 6.60. The van der Waals surface area contributed by atoms with Gasteiger partial charge in [-0.2, -0.15) is 0 Å². The first-order chi connectivity index (χ1) is 9.61. The average molecular weight is 297 g/mol. The standard InChI is InChI=1S/C13H16FN3O2S/c14-10-6-8(12(15)17-19)3-4-9(10)7-16-13(18)11-2-1-5-20-11/h3-4,6,11,19H,1-2,5,7H2,(H2,15,17)(H,16,18). The maximum atomic E-state index is 13.8. The van der Waals surface area contributed by atoms with Crippen LogP contribution in [-0.4, -0.2) is 28.0 Å². The van der Waals surface area contributed by atoms with Gasteiger partial charge in [-0.3, -0.25) is 4.79 Å². The van der Waals surface area contributed by atoms with Crippen LogP contribution in [-0.2, 0) is 11.3 Å². The summed E-state index contributed by atoms with van der Waals surface area (Å²) in [6.45, 7) is 0.137. The van der Waals surface area contributed by atoms with Crippen molar-refractivity contribution in [2.75, 3.05) is 5.75 Å². The molecule has 1 amide bonds. The lowest BCUT2D eigenvalue weighted by Crippen LogP contribution is -2.31. The Hall–Kier alpha value is -1.76. The Kier molecular flexibility index (Phi) is 4.84. The summed E-state index contributed by atoms with van der Waals surface area (Å²) in [7, 11) is 0. The SMILES string of the molecule is NC(=NO)c1ccc(CNC(=O)C2CCCS2)c(F)c1. The molecule has 1 aromatic rings. The molecule has 0 aliphatic carbocycles. The van der Waals surface area contributed by atoms with Crippen molar-refractivity contribution in [1.29, 1.82) is 0 Å². The van der Waals surface area contributed by atoms with Gasteiger partial charge in [0.15, 0.2) is 5.84 Å². The van der Waals surface area contributed by atoms with Crippen molar-refractivity contribution >= 4 is 23.5 Å².